The van der Waals surface area contributed by atoms with E-state index in [1.165, 1.54) is 23.6 Å². The fraction of sp³-hybridized carbons (Fsp3) is 0. The van der Waals surface area contributed by atoms with Crippen LogP contribution in [-0.2, 0) is 0 Å². The van der Waals surface area contributed by atoms with Gasteiger partial charge in [-0.3, -0.25) is 15.5 Å². The highest BCUT2D eigenvalue weighted by atomic mass is 35.5. The number of aromatic hydroxyl groups is 1. The highest BCUT2D eigenvalue weighted by Crippen LogP contribution is 2.32. The number of nitrogens with one attached hydrogen (secondary N) is 1. The number of nitrogens with zero attached hydrogens (tertiary/aromatic N) is 3. The van der Waals surface area contributed by atoms with Gasteiger partial charge in [0.15, 0.2) is 0 Å². The van der Waals surface area contributed by atoms with Crippen molar-refractivity contribution in [3.05, 3.63) is 68.5 Å². The summed E-state index contributed by atoms with van der Waals surface area (Å²) in [5, 5.41) is 27.3. The second-order valence-electron chi connectivity index (χ2n) is 4.89. The van der Waals surface area contributed by atoms with Crippen molar-refractivity contribution in [1.29, 1.82) is 0 Å². The van der Waals surface area contributed by atoms with Crippen molar-refractivity contribution in [2.75, 3.05) is 5.43 Å². The standard InChI is InChI=1S/C16H11ClN4O3S/c17-12-6-11(15(22)14(7-12)21(23)24)8-18-20-16-19-13(9-25-16)10-4-2-1-3-5-10/h1-9,22H,(H,19,20). The zero-order valence-corrected chi connectivity index (χ0v) is 14.2. The first-order chi connectivity index (χ1) is 12.0. The minimum absolute atomic E-state index is 0.131. The van der Waals surface area contributed by atoms with Crippen LogP contribution in [0, 0.1) is 10.1 Å². The van der Waals surface area contributed by atoms with Gasteiger partial charge in [-0.15, -0.1) is 11.3 Å². The second kappa shape index (κ2) is 7.29. The number of aromatic nitrogens is 1. The minimum atomic E-state index is -0.709. The molecule has 25 heavy (non-hydrogen) atoms. The lowest BCUT2D eigenvalue weighted by Crippen LogP contribution is -1.94. The van der Waals surface area contributed by atoms with E-state index in [0.717, 1.165) is 17.3 Å². The summed E-state index contributed by atoms with van der Waals surface area (Å²) in [5.41, 5.74) is 4.18. The molecule has 0 radical (unpaired) electrons. The molecule has 0 fully saturated rings. The maximum absolute atomic E-state index is 10.9. The lowest BCUT2D eigenvalue weighted by molar-refractivity contribution is -0.385. The number of halogens is 1. The largest absolute Gasteiger partial charge is 0.502 e. The molecule has 1 aromatic heterocycles. The van der Waals surface area contributed by atoms with Crippen molar-refractivity contribution in [2.24, 2.45) is 5.10 Å². The van der Waals surface area contributed by atoms with E-state index in [2.05, 4.69) is 15.5 Å². The number of hydrogen-bond acceptors (Lipinski definition) is 7. The van der Waals surface area contributed by atoms with Crippen molar-refractivity contribution in [2.45, 2.75) is 0 Å². The molecule has 0 saturated heterocycles. The summed E-state index contributed by atoms with van der Waals surface area (Å²) in [7, 11) is 0. The highest BCUT2D eigenvalue weighted by Gasteiger charge is 2.17. The predicted octanol–water partition coefficient (Wildman–Crippen LogP) is 4.52. The third-order valence-corrected chi connectivity index (χ3v) is 4.18. The molecule has 1 heterocycles. The van der Waals surface area contributed by atoms with E-state index in [1.54, 1.807) is 0 Å². The summed E-state index contributed by atoms with van der Waals surface area (Å²) in [6.45, 7) is 0. The topological polar surface area (TPSA) is 101 Å². The van der Waals surface area contributed by atoms with Crippen molar-refractivity contribution < 1.29 is 10.0 Å². The number of hydrogen-bond donors (Lipinski definition) is 2. The number of nitro benzene ring substituents is 1. The third kappa shape index (κ3) is 3.93. The Morgan fingerprint density at radius 2 is 2.08 bits per heavy atom. The van der Waals surface area contributed by atoms with Crippen molar-refractivity contribution in [3.8, 4) is 17.0 Å². The number of phenols is 1. The molecule has 2 aromatic carbocycles. The molecule has 7 nitrogen and oxygen atoms in total. The van der Waals surface area contributed by atoms with Gasteiger partial charge in [-0.05, 0) is 6.07 Å². The van der Waals surface area contributed by atoms with Crippen LogP contribution in [-0.4, -0.2) is 21.2 Å². The van der Waals surface area contributed by atoms with E-state index in [0.29, 0.717) is 5.13 Å². The summed E-state index contributed by atoms with van der Waals surface area (Å²) in [4.78, 5) is 14.6. The van der Waals surface area contributed by atoms with Gasteiger partial charge in [-0.1, -0.05) is 41.9 Å². The van der Waals surface area contributed by atoms with Gasteiger partial charge in [0.2, 0.25) is 10.9 Å². The average molecular weight is 375 g/mol. The Labute approximate surface area is 151 Å². The van der Waals surface area contributed by atoms with Gasteiger partial charge in [-0.25, -0.2) is 4.98 Å². The zero-order valence-electron chi connectivity index (χ0n) is 12.6. The van der Waals surface area contributed by atoms with Crippen LogP contribution in [0.25, 0.3) is 11.3 Å². The van der Waals surface area contributed by atoms with E-state index in [1.807, 2.05) is 35.7 Å². The van der Waals surface area contributed by atoms with E-state index >= 15 is 0 Å². The molecule has 2 N–H and O–H groups in total. The first kappa shape index (κ1) is 16.9. The Morgan fingerprint density at radius 1 is 1.32 bits per heavy atom. The first-order valence-corrected chi connectivity index (χ1v) is 8.27. The maximum atomic E-state index is 10.9. The van der Waals surface area contributed by atoms with Crippen LogP contribution in [0.2, 0.25) is 5.02 Å². The fourth-order valence-electron chi connectivity index (χ4n) is 2.07. The van der Waals surface area contributed by atoms with E-state index < -0.39 is 16.4 Å². The van der Waals surface area contributed by atoms with Gasteiger partial charge in [0.1, 0.15) is 0 Å². The predicted molar refractivity (Wildman–Crippen MR) is 98.5 cm³/mol. The van der Waals surface area contributed by atoms with Crippen molar-refractivity contribution >= 4 is 40.0 Å². The summed E-state index contributed by atoms with van der Waals surface area (Å²) in [6.07, 6.45) is 1.25. The number of nitro groups is 1. The van der Waals surface area contributed by atoms with Crippen LogP contribution in [0.5, 0.6) is 5.75 Å². The number of rotatable bonds is 5. The maximum Gasteiger partial charge on any atom is 0.312 e. The molecular weight excluding hydrogens is 364 g/mol. The number of thiazole rings is 1. The first-order valence-electron chi connectivity index (χ1n) is 7.01. The molecule has 0 saturated carbocycles. The number of benzene rings is 2. The molecule has 0 amide bonds. The van der Waals surface area contributed by atoms with Crippen LogP contribution < -0.4 is 5.43 Å². The Hall–Kier alpha value is -2.97. The summed E-state index contributed by atoms with van der Waals surface area (Å²) in [5.74, 6) is -0.496. The molecular formula is C16H11ClN4O3S. The van der Waals surface area contributed by atoms with Crippen LogP contribution in [0.15, 0.2) is 52.9 Å². The second-order valence-corrected chi connectivity index (χ2v) is 6.19. The lowest BCUT2D eigenvalue weighted by atomic mass is 10.2. The molecule has 0 unspecified atom stereocenters. The van der Waals surface area contributed by atoms with Gasteiger partial charge in [-0.2, -0.15) is 5.10 Å². The van der Waals surface area contributed by atoms with E-state index in [-0.39, 0.29) is 10.6 Å². The summed E-state index contributed by atoms with van der Waals surface area (Å²) < 4.78 is 0. The SMILES string of the molecule is O=[N+]([O-])c1cc(Cl)cc(C=NNc2nc(-c3ccccc3)cs2)c1O. The lowest BCUT2D eigenvalue weighted by Gasteiger charge is -2.01. The third-order valence-electron chi connectivity index (χ3n) is 3.22. The van der Waals surface area contributed by atoms with Gasteiger partial charge in [0.25, 0.3) is 0 Å². The van der Waals surface area contributed by atoms with Gasteiger partial charge in [0.05, 0.1) is 16.8 Å². The smallest absolute Gasteiger partial charge is 0.312 e. The van der Waals surface area contributed by atoms with E-state index in [9.17, 15) is 15.2 Å². The zero-order chi connectivity index (χ0) is 17.8. The molecule has 0 aliphatic heterocycles. The molecule has 3 rings (SSSR count). The van der Waals surface area contributed by atoms with Crippen LogP contribution in [0.3, 0.4) is 0 Å². The number of phenolic OH excluding ortho intramolecular Hbond substituents is 1. The van der Waals surface area contributed by atoms with Crippen molar-refractivity contribution in [1.82, 2.24) is 4.98 Å². The number of anilines is 1. The van der Waals surface area contributed by atoms with Gasteiger partial charge < -0.3 is 5.11 Å². The number of hydrazone groups is 1. The minimum Gasteiger partial charge on any atom is -0.502 e. The molecule has 3 aromatic rings. The molecule has 9 heteroatoms. The van der Waals surface area contributed by atoms with Crippen LogP contribution in [0.4, 0.5) is 10.8 Å². The molecule has 0 spiro atoms. The quantitative estimate of drug-likeness (QED) is 0.388. The fourth-order valence-corrected chi connectivity index (χ4v) is 2.96. The van der Waals surface area contributed by atoms with Crippen molar-refractivity contribution in [3.63, 3.8) is 0 Å². The highest BCUT2D eigenvalue weighted by molar-refractivity contribution is 7.14. The molecule has 0 bridgehead atoms. The molecule has 0 atom stereocenters. The summed E-state index contributed by atoms with van der Waals surface area (Å²) in [6, 6.07) is 12.1. The Bertz CT molecular complexity index is 944. The van der Waals surface area contributed by atoms with Gasteiger partial charge >= 0.3 is 5.69 Å². The molecule has 126 valence electrons. The molecule has 0 aliphatic carbocycles. The Kier molecular flexibility index (Phi) is 4.92. The van der Waals surface area contributed by atoms with Gasteiger partial charge in [0, 0.05) is 27.6 Å². The van der Waals surface area contributed by atoms with E-state index in [4.69, 9.17) is 11.6 Å². The monoisotopic (exact) mass is 374 g/mol. The summed E-state index contributed by atoms with van der Waals surface area (Å²) >= 11 is 7.19. The van der Waals surface area contributed by atoms with Crippen LogP contribution >= 0.6 is 22.9 Å². The average Bonchev–Trinajstić information content (AvgIpc) is 3.07. The normalized spacial score (nSPS) is 10.9. The molecule has 0 aliphatic rings. The Morgan fingerprint density at radius 3 is 2.80 bits per heavy atom. The Balaban J connectivity index is 1.76. The van der Waals surface area contributed by atoms with Crippen LogP contribution in [0.1, 0.15) is 5.56 Å².